The number of amides is 2. The van der Waals surface area contributed by atoms with Crippen LogP contribution in [0.3, 0.4) is 0 Å². The SMILES string of the molecule is CC(C)(C)/C=C/C(=O)Nc1ccc(NC(=O)c2cccnc2)cc1. The molecule has 0 saturated carbocycles. The fourth-order valence-corrected chi connectivity index (χ4v) is 1.85. The fourth-order valence-electron chi connectivity index (χ4n) is 1.85. The monoisotopic (exact) mass is 323 g/mol. The number of allylic oxidation sites excluding steroid dienone is 1. The van der Waals surface area contributed by atoms with Crippen LogP contribution >= 0.6 is 0 Å². The Morgan fingerprint density at radius 2 is 1.62 bits per heavy atom. The Balaban J connectivity index is 1.95. The predicted octanol–water partition coefficient (Wildman–Crippen LogP) is 3.87. The molecule has 0 fully saturated rings. The van der Waals surface area contributed by atoms with Gasteiger partial charge in [-0.25, -0.2) is 0 Å². The van der Waals surface area contributed by atoms with Crippen LogP contribution in [0.25, 0.3) is 0 Å². The molecule has 0 saturated heterocycles. The minimum absolute atomic E-state index is 0.0439. The van der Waals surface area contributed by atoms with Gasteiger partial charge >= 0.3 is 0 Å². The Labute approximate surface area is 141 Å². The molecule has 1 aromatic carbocycles. The standard InChI is InChI=1S/C19H21N3O2/c1-19(2,3)11-10-17(23)21-15-6-8-16(9-7-15)22-18(24)14-5-4-12-20-13-14/h4-13H,1-3H3,(H,21,23)(H,22,24)/b11-10+. The molecule has 124 valence electrons. The molecule has 5 nitrogen and oxygen atoms in total. The molecule has 2 aromatic rings. The lowest BCUT2D eigenvalue weighted by molar-refractivity contribution is -0.112. The van der Waals surface area contributed by atoms with Crippen LogP contribution in [0.4, 0.5) is 11.4 Å². The Hall–Kier alpha value is -2.95. The van der Waals surface area contributed by atoms with Crippen molar-refractivity contribution < 1.29 is 9.59 Å². The van der Waals surface area contributed by atoms with Gasteiger partial charge in [-0.15, -0.1) is 0 Å². The lowest BCUT2D eigenvalue weighted by Gasteiger charge is -2.11. The third kappa shape index (κ3) is 5.68. The maximum atomic E-state index is 12.0. The summed E-state index contributed by atoms with van der Waals surface area (Å²) in [5.74, 6) is -0.412. The number of aromatic nitrogens is 1. The highest BCUT2D eigenvalue weighted by atomic mass is 16.2. The van der Waals surface area contributed by atoms with E-state index in [2.05, 4.69) is 15.6 Å². The molecule has 1 aromatic heterocycles. The van der Waals surface area contributed by atoms with Crippen molar-refractivity contribution in [3.8, 4) is 0 Å². The molecule has 0 aliphatic rings. The number of rotatable bonds is 4. The Bertz CT molecular complexity index is 729. The molecule has 2 amide bonds. The van der Waals surface area contributed by atoms with Crippen LogP contribution in [0.5, 0.6) is 0 Å². The number of benzene rings is 1. The zero-order valence-electron chi connectivity index (χ0n) is 14.0. The van der Waals surface area contributed by atoms with Crippen molar-refractivity contribution in [1.82, 2.24) is 4.98 Å². The van der Waals surface area contributed by atoms with Crippen molar-refractivity contribution >= 4 is 23.2 Å². The highest BCUT2D eigenvalue weighted by Gasteiger charge is 2.07. The molecule has 5 heteroatoms. The summed E-state index contributed by atoms with van der Waals surface area (Å²) in [6, 6.07) is 10.3. The zero-order valence-corrected chi connectivity index (χ0v) is 14.0. The Kier molecular flexibility index (Phi) is 5.47. The van der Waals surface area contributed by atoms with E-state index < -0.39 is 0 Å². The first-order valence-corrected chi connectivity index (χ1v) is 7.65. The molecule has 0 bridgehead atoms. The van der Waals surface area contributed by atoms with E-state index in [1.807, 2.05) is 26.8 Å². The topological polar surface area (TPSA) is 71.1 Å². The van der Waals surface area contributed by atoms with Crippen LogP contribution < -0.4 is 10.6 Å². The van der Waals surface area contributed by atoms with Gasteiger partial charge in [0.15, 0.2) is 0 Å². The van der Waals surface area contributed by atoms with Crippen LogP contribution in [-0.2, 0) is 4.79 Å². The van der Waals surface area contributed by atoms with Crippen molar-refractivity contribution in [2.45, 2.75) is 20.8 Å². The lowest BCUT2D eigenvalue weighted by Crippen LogP contribution is -2.12. The average molecular weight is 323 g/mol. The van der Waals surface area contributed by atoms with E-state index in [4.69, 9.17) is 0 Å². The first-order chi connectivity index (χ1) is 11.3. The van der Waals surface area contributed by atoms with Crippen LogP contribution in [0, 0.1) is 5.41 Å². The molecule has 2 rings (SSSR count). The second-order valence-electron chi connectivity index (χ2n) is 6.46. The van der Waals surface area contributed by atoms with Gasteiger partial charge in [-0.3, -0.25) is 14.6 Å². The number of anilines is 2. The summed E-state index contributed by atoms with van der Waals surface area (Å²) >= 11 is 0. The minimum atomic E-state index is -0.229. The van der Waals surface area contributed by atoms with Gasteiger partial charge in [-0.1, -0.05) is 26.8 Å². The summed E-state index contributed by atoms with van der Waals surface area (Å²) < 4.78 is 0. The van der Waals surface area contributed by atoms with Gasteiger partial charge in [-0.2, -0.15) is 0 Å². The summed E-state index contributed by atoms with van der Waals surface area (Å²) in [6.45, 7) is 6.07. The van der Waals surface area contributed by atoms with Crippen molar-refractivity contribution in [3.63, 3.8) is 0 Å². The van der Waals surface area contributed by atoms with E-state index in [0.717, 1.165) is 0 Å². The first-order valence-electron chi connectivity index (χ1n) is 7.65. The number of carbonyl (C=O) groups is 2. The summed E-state index contributed by atoms with van der Waals surface area (Å²) in [4.78, 5) is 27.8. The maximum absolute atomic E-state index is 12.0. The van der Waals surface area contributed by atoms with Gasteiger partial charge in [0, 0.05) is 23.8 Å². The Morgan fingerprint density at radius 3 is 2.17 bits per heavy atom. The molecule has 0 atom stereocenters. The number of hydrogen-bond donors (Lipinski definition) is 2. The normalized spacial score (nSPS) is 11.3. The highest BCUT2D eigenvalue weighted by molar-refractivity contribution is 6.04. The van der Waals surface area contributed by atoms with Crippen LogP contribution in [0.15, 0.2) is 60.9 Å². The van der Waals surface area contributed by atoms with Crippen LogP contribution in [0.1, 0.15) is 31.1 Å². The van der Waals surface area contributed by atoms with Crippen molar-refractivity contribution in [3.05, 3.63) is 66.5 Å². The van der Waals surface area contributed by atoms with Gasteiger partial charge in [0.1, 0.15) is 0 Å². The number of nitrogens with zero attached hydrogens (tertiary/aromatic N) is 1. The molecule has 0 spiro atoms. The lowest BCUT2D eigenvalue weighted by atomic mass is 9.96. The van der Waals surface area contributed by atoms with E-state index in [9.17, 15) is 9.59 Å². The van der Waals surface area contributed by atoms with Crippen LogP contribution in [0.2, 0.25) is 0 Å². The molecule has 0 radical (unpaired) electrons. The molecular formula is C19H21N3O2. The third-order valence-corrected chi connectivity index (χ3v) is 3.07. The number of carbonyl (C=O) groups excluding carboxylic acids is 2. The second-order valence-corrected chi connectivity index (χ2v) is 6.46. The summed E-state index contributed by atoms with van der Waals surface area (Å²) in [7, 11) is 0. The van der Waals surface area contributed by atoms with Crippen LogP contribution in [-0.4, -0.2) is 16.8 Å². The predicted molar refractivity (Wildman–Crippen MR) is 95.9 cm³/mol. The largest absolute Gasteiger partial charge is 0.323 e. The molecular weight excluding hydrogens is 302 g/mol. The second kappa shape index (κ2) is 7.55. The number of nitrogens with one attached hydrogen (secondary N) is 2. The third-order valence-electron chi connectivity index (χ3n) is 3.07. The van der Waals surface area contributed by atoms with E-state index in [1.54, 1.807) is 42.6 Å². The van der Waals surface area contributed by atoms with Gasteiger partial charge in [0.2, 0.25) is 5.91 Å². The fraction of sp³-hybridized carbons (Fsp3) is 0.211. The first kappa shape index (κ1) is 17.4. The highest BCUT2D eigenvalue weighted by Crippen LogP contribution is 2.16. The van der Waals surface area contributed by atoms with E-state index in [-0.39, 0.29) is 17.2 Å². The number of hydrogen-bond acceptors (Lipinski definition) is 3. The summed E-state index contributed by atoms with van der Waals surface area (Å²) in [5.41, 5.74) is 1.75. The minimum Gasteiger partial charge on any atom is -0.323 e. The van der Waals surface area contributed by atoms with Crippen molar-refractivity contribution in [2.75, 3.05) is 10.6 Å². The molecule has 0 aliphatic carbocycles. The van der Waals surface area contributed by atoms with Crippen molar-refractivity contribution in [2.24, 2.45) is 5.41 Å². The molecule has 2 N–H and O–H groups in total. The van der Waals surface area contributed by atoms with Gasteiger partial charge in [-0.05, 0) is 47.9 Å². The molecule has 0 unspecified atom stereocenters. The van der Waals surface area contributed by atoms with Gasteiger partial charge in [0.05, 0.1) is 5.56 Å². The van der Waals surface area contributed by atoms with E-state index >= 15 is 0 Å². The average Bonchev–Trinajstić information content (AvgIpc) is 2.55. The Morgan fingerprint density at radius 1 is 1.00 bits per heavy atom. The molecule has 0 aliphatic heterocycles. The summed E-state index contributed by atoms with van der Waals surface area (Å²) in [6.07, 6.45) is 6.50. The van der Waals surface area contributed by atoms with E-state index in [1.165, 1.54) is 12.3 Å². The van der Waals surface area contributed by atoms with Crippen molar-refractivity contribution in [1.29, 1.82) is 0 Å². The summed E-state index contributed by atoms with van der Waals surface area (Å²) in [5, 5.41) is 5.56. The smallest absolute Gasteiger partial charge is 0.257 e. The molecule has 24 heavy (non-hydrogen) atoms. The molecule has 1 heterocycles. The zero-order chi connectivity index (χ0) is 17.6. The van der Waals surface area contributed by atoms with Gasteiger partial charge in [0.25, 0.3) is 5.91 Å². The van der Waals surface area contributed by atoms with Gasteiger partial charge < -0.3 is 10.6 Å². The maximum Gasteiger partial charge on any atom is 0.257 e. The number of pyridine rings is 1. The van der Waals surface area contributed by atoms with E-state index in [0.29, 0.717) is 16.9 Å². The quantitative estimate of drug-likeness (QED) is 0.839.